The number of hydrogen-bond donors (Lipinski definition) is 1. The van der Waals surface area contributed by atoms with E-state index in [0.29, 0.717) is 16.4 Å². The van der Waals surface area contributed by atoms with Gasteiger partial charge in [-0.3, -0.25) is 4.79 Å². The lowest BCUT2D eigenvalue weighted by molar-refractivity contribution is 0.0955. The van der Waals surface area contributed by atoms with Crippen molar-refractivity contribution in [3.8, 4) is 16.9 Å². The number of amides is 1. The van der Waals surface area contributed by atoms with Gasteiger partial charge in [0.2, 0.25) is 0 Å². The molecule has 31 heavy (non-hydrogen) atoms. The van der Waals surface area contributed by atoms with Gasteiger partial charge in [0.25, 0.3) is 5.91 Å². The number of para-hydroxylation sites is 1. The number of carbonyl (C=O) groups is 1. The summed E-state index contributed by atoms with van der Waals surface area (Å²) in [6.45, 7) is 0.348. The third-order valence-corrected chi connectivity index (χ3v) is 6.71. The first-order chi connectivity index (χ1) is 15.2. The fraction of sp³-hybridized carbons (Fsp3) is 0.0400. The van der Waals surface area contributed by atoms with Crippen LogP contribution in [0.2, 0.25) is 5.02 Å². The molecular weight excluding hydrogens is 426 g/mol. The van der Waals surface area contributed by atoms with Crippen LogP contribution in [0.5, 0.6) is 0 Å². The van der Waals surface area contributed by atoms with Crippen LogP contribution >= 0.6 is 22.9 Å². The van der Waals surface area contributed by atoms with Gasteiger partial charge < -0.3 is 5.32 Å². The highest BCUT2D eigenvalue weighted by molar-refractivity contribution is 7.21. The Bertz CT molecular complexity index is 1360. The number of nitrogens with one attached hydrogen (secondary N) is 1. The van der Waals surface area contributed by atoms with Gasteiger partial charge in [0.15, 0.2) is 0 Å². The Labute approximate surface area is 188 Å². The summed E-state index contributed by atoms with van der Waals surface area (Å²) in [5, 5.41) is 9.23. The minimum atomic E-state index is -0.183. The van der Waals surface area contributed by atoms with Crippen molar-refractivity contribution >= 4 is 38.9 Å². The predicted octanol–water partition coefficient (Wildman–Crippen LogP) is 6.34. The van der Waals surface area contributed by atoms with Crippen molar-refractivity contribution < 1.29 is 4.79 Å². The number of carbonyl (C=O) groups excluding carboxylic acids is 1. The van der Waals surface area contributed by atoms with Gasteiger partial charge in [0.05, 0.1) is 16.4 Å². The predicted molar refractivity (Wildman–Crippen MR) is 127 cm³/mol. The number of benzene rings is 3. The number of fused-ring (bicyclic) bond motifs is 1. The monoisotopic (exact) mass is 443 g/mol. The normalized spacial score (nSPS) is 11.0. The number of hydrogen-bond acceptors (Lipinski definition) is 3. The standard InChI is InChI=1S/C25H18ClN3OS/c26-22-20-13-7-8-14-21(20)31-24(22)25(30)27-15-18-16-29(19-11-5-2-6-12-19)28-23(18)17-9-3-1-4-10-17/h1-14,16H,15H2,(H,27,30). The number of aromatic nitrogens is 2. The van der Waals surface area contributed by atoms with E-state index in [2.05, 4.69) is 5.32 Å². The molecule has 4 nitrogen and oxygen atoms in total. The summed E-state index contributed by atoms with van der Waals surface area (Å²) in [6, 6.07) is 27.7. The van der Waals surface area contributed by atoms with Crippen LogP contribution in [-0.4, -0.2) is 15.7 Å². The van der Waals surface area contributed by atoms with Gasteiger partial charge in [-0.25, -0.2) is 4.68 Å². The lowest BCUT2D eigenvalue weighted by Gasteiger charge is -2.05. The van der Waals surface area contributed by atoms with Crippen LogP contribution in [0, 0.1) is 0 Å². The van der Waals surface area contributed by atoms with E-state index in [9.17, 15) is 4.79 Å². The van der Waals surface area contributed by atoms with Crippen molar-refractivity contribution in [2.75, 3.05) is 0 Å². The van der Waals surface area contributed by atoms with Crippen molar-refractivity contribution in [2.24, 2.45) is 0 Å². The molecule has 0 saturated heterocycles. The first-order valence-corrected chi connectivity index (χ1v) is 11.0. The van der Waals surface area contributed by atoms with E-state index in [1.807, 2.05) is 95.8 Å². The van der Waals surface area contributed by atoms with Gasteiger partial charge in [0, 0.05) is 34.0 Å². The number of rotatable bonds is 5. The van der Waals surface area contributed by atoms with Gasteiger partial charge in [-0.2, -0.15) is 5.10 Å². The molecule has 0 radical (unpaired) electrons. The van der Waals surface area contributed by atoms with E-state index in [1.54, 1.807) is 0 Å². The zero-order valence-electron chi connectivity index (χ0n) is 16.5. The molecule has 5 aromatic rings. The molecule has 6 heteroatoms. The molecule has 0 saturated carbocycles. The molecule has 0 aliphatic rings. The van der Waals surface area contributed by atoms with Crippen molar-refractivity contribution in [2.45, 2.75) is 6.54 Å². The minimum Gasteiger partial charge on any atom is -0.347 e. The Morgan fingerprint density at radius 1 is 0.935 bits per heavy atom. The quantitative estimate of drug-likeness (QED) is 0.344. The van der Waals surface area contributed by atoms with Crippen molar-refractivity contribution in [1.29, 1.82) is 0 Å². The highest BCUT2D eigenvalue weighted by atomic mass is 35.5. The van der Waals surface area contributed by atoms with Gasteiger partial charge in [0.1, 0.15) is 4.88 Å². The maximum atomic E-state index is 12.9. The zero-order chi connectivity index (χ0) is 21.2. The maximum absolute atomic E-state index is 12.9. The van der Waals surface area contributed by atoms with E-state index in [4.69, 9.17) is 16.7 Å². The molecule has 0 bridgehead atoms. The molecule has 0 aliphatic carbocycles. The summed E-state index contributed by atoms with van der Waals surface area (Å²) >= 11 is 7.88. The zero-order valence-corrected chi connectivity index (χ0v) is 18.0. The Hall–Kier alpha value is -3.41. The highest BCUT2D eigenvalue weighted by Crippen LogP contribution is 2.35. The maximum Gasteiger partial charge on any atom is 0.263 e. The van der Waals surface area contributed by atoms with Crippen LogP contribution < -0.4 is 5.32 Å². The molecule has 0 unspecified atom stereocenters. The minimum absolute atomic E-state index is 0.183. The number of nitrogens with zero attached hydrogens (tertiary/aromatic N) is 2. The van der Waals surface area contributed by atoms with Crippen LogP contribution in [0.4, 0.5) is 0 Å². The molecule has 1 amide bonds. The molecule has 3 aromatic carbocycles. The van der Waals surface area contributed by atoms with E-state index >= 15 is 0 Å². The summed E-state index contributed by atoms with van der Waals surface area (Å²) < 4.78 is 2.84. The van der Waals surface area contributed by atoms with E-state index in [0.717, 1.165) is 32.6 Å². The van der Waals surface area contributed by atoms with Crippen molar-refractivity contribution in [1.82, 2.24) is 15.1 Å². The average molecular weight is 444 g/mol. The van der Waals surface area contributed by atoms with E-state index in [1.165, 1.54) is 11.3 Å². The topological polar surface area (TPSA) is 46.9 Å². The number of thiophene rings is 1. The van der Waals surface area contributed by atoms with E-state index in [-0.39, 0.29) is 5.91 Å². The van der Waals surface area contributed by atoms with Gasteiger partial charge >= 0.3 is 0 Å². The van der Waals surface area contributed by atoms with Crippen molar-refractivity contribution in [3.63, 3.8) is 0 Å². The van der Waals surface area contributed by atoms with Gasteiger partial charge in [-0.15, -0.1) is 11.3 Å². The summed E-state index contributed by atoms with van der Waals surface area (Å²) in [6.07, 6.45) is 1.96. The summed E-state index contributed by atoms with van der Waals surface area (Å²) in [4.78, 5) is 13.4. The lowest BCUT2D eigenvalue weighted by Crippen LogP contribution is -2.22. The molecule has 0 spiro atoms. The summed E-state index contributed by atoms with van der Waals surface area (Å²) in [5.41, 5.74) is 3.74. The third-order valence-electron chi connectivity index (χ3n) is 5.04. The molecule has 5 rings (SSSR count). The van der Waals surface area contributed by atoms with Gasteiger partial charge in [-0.1, -0.05) is 78.3 Å². The van der Waals surface area contributed by atoms with E-state index < -0.39 is 0 Å². The first-order valence-electron chi connectivity index (χ1n) is 9.85. The van der Waals surface area contributed by atoms with Crippen molar-refractivity contribution in [3.05, 3.63) is 107 Å². The second-order valence-corrected chi connectivity index (χ2v) is 8.50. The highest BCUT2D eigenvalue weighted by Gasteiger charge is 2.18. The molecule has 0 aliphatic heterocycles. The first kappa shape index (κ1) is 19.5. The molecule has 2 aromatic heterocycles. The van der Waals surface area contributed by atoms with Crippen LogP contribution in [0.25, 0.3) is 27.0 Å². The van der Waals surface area contributed by atoms with Crippen LogP contribution in [0.1, 0.15) is 15.2 Å². The Kier molecular flexibility index (Phi) is 5.28. The number of halogens is 1. The van der Waals surface area contributed by atoms with Crippen LogP contribution in [0.15, 0.2) is 91.1 Å². The Morgan fingerprint density at radius 3 is 2.35 bits per heavy atom. The van der Waals surface area contributed by atoms with Gasteiger partial charge in [-0.05, 0) is 18.2 Å². The van der Waals surface area contributed by atoms with Crippen LogP contribution in [0.3, 0.4) is 0 Å². The SMILES string of the molecule is O=C(NCc1cn(-c2ccccc2)nc1-c1ccccc1)c1sc2ccccc2c1Cl. The fourth-order valence-electron chi connectivity index (χ4n) is 3.51. The second-order valence-electron chi connectivity index (χ2n) is 7.07. The molecule has 0 atom stereocenters. The fourth-order valence-corrected chi connectivity index (χ4v) is 4.94. The average Bonchev–Trinajstić information content (AvgIpc) is 3.40. The molecule has 1 N–H and O–H groups in total. The molecule has 2 heterocycles. The largest absolute Gasteiger partial charge is 0.347 e. The molecule has 152 valence electrons. The smallest absolute Gasteiger partial charge is 0.263 e. The Balaban J connectivity index is 1.46. The summed E-state index contributed by atoms with van der Waals surface area (Å²) in [7, 11) is 0. The molecular formula is C25H18ClN3OS. The second kappa shape index (κ2) is 8.38. The third kappa shape index (κ3) is 3.85. The summed E-state index contributed by atoms with van der Waals surface area (Å²) in [5.74, 6) is -0.183. The Morgan fingerprint density at radius 2 is 1.61 bits per heavy atom. The van der Waals surface area contributed by atoms with Crippen LogP contribution in [-0.2, 0) is 6.54 Å². The molecule has 0 fully saturated rings. The lowest BCUT2D eigenvalue weighted by atomic mass is 10.1.